The van der Waals surface area contributed by atoms with Crippen molar-refractivity contribution in [1.82, 2.24) is 10.6 Å². The molecule has 0 aliphatic carbocycles. The average molecular weight is 285 g/mol. The Morgan fingerprint density at radius 1 is 1.10 bits per heavy atom. The van der Waals surface area contributed by atoms with E-state index in [0.717, 1.165) is 32.2 Å². The van der Waals surface area contributed by atoms with E-state index in [0.29, 0.717) is 18.4 Å². The van der Waals surface area contributed by atoms with Gasteiger partial charge in [-0.1, -0.05) is 47.5 Å². The van der Waals surface area contributed by atoms with Gasteiger partial charge in [0.2, 0.25) is 5.91 Å². The highest BCUT2D eigenvalue weighted by atomic mass is 16.2. The Hall–Kier alpha value is -0.610. The highest BCUT2D eigenvalue weighted by Crippen LogP contribution is 2.04. The van der Waals surface area contributed by atoms with Crippen molar-refractivity contribution < 1.29 is 4.79 Å². The third kappa shape index (κ3) is 10.2. The van der Waals surface area contributed by atoms with E-state index in [9.17, 15) is 4.79 Å². The summed E-state index contributed by atoms with van der Waals surface area (Å²) in [4.78, 5) is 12.2. The van der Waals surface area contributed by atoms with Crippen LogP contribution in [0.25, 0.3) is 0 Å². The third-order valence-corrected chi connectivity index (χ3v) is 3.25. The van der Waals surface area contributed by atoms with Gasteiger partial charge in [-0.25, -0.2) is 0 Å². The molecule has 0 spiro atoms. The molecule has 0 saturated heterocycles. The van der Waals surface area contributed by atoms with E-state index < -0.39 is 0 Å². The average Bonchev–Trinajstić information content (AvgIpc) is 2.35. The van der Waals surface area contributed by atoms with E-state index in [4.69, 9.17) is 5.73 Å². The summed E-state index contributed by atoms with van der Waals surface area (Å²) in [5, 5.41) is 6.36. The number of unbranched alkanes of at least 4 members (excludes halogenated alkanes) is 1. The zero-order valence-electron chi connectivity index (χ0n) is 14.0. The van der Waals surface area contributed by atoms with Crippen LogP contribution < -0.4 is 16.4 Å². The summed E-state index contributed by atoms with van der Waals surface area (Å²) in [5.74, 6) is 1.19. The fourth-order valence-corrected chi connectivity index (χ4v) is 2.14. The molecular weight excluding hydrogens is 250 g/mol. The van der Waals surface area contributed by atoms with E-state index in [1.54, 1.807) is 0 Å². The van der Waals surface area contributed by atoms with Crippen LogP contribution in [0.2, 0.25) is 0 Å². The zero-order chi connectivity index (χ0) is 15.5. The van der Waals surface area contributed by atoms with Crippen molar-refractivity contribution in [3.63, 3.8) is 0 Å². The van der Waals surface area contributed by atoms with Crippen molar-refractivity contribution in [3.05, 3.63) is 0 Å². The summed E-state index contributed by atoms with van der Waals surface area (Å²) >= 11 is 0. The first-order valence-electron chi connectivity index (χ1n) is 8.13. The van der Waals surface area contributed by atoms with Crippen molar-refractivity contribution in [2.24, 2.45) is 17.6 Å². The molecule has 0 aliphatic rings. The lowest BCUT2D eigenvalue weighted by molar-refractivity contribution is -0.123. The number of nitrogens with one attached hydrogen (secondary N) is 2. The number of rotatable bonds is 11. The smallest absolute Gasteiger partial charge is 0.237 e. The maximum Gasteiger partial charge on any atom is 0.237 e. The van der Waals surface area contributed by atoms with Crippen molar-refractivity contribution in [2.75, 3.05) is 13.1 Å². The minimum Gasteiger partial charge on any atom is -0.354 e. The van der Waals surface area contributed by atoms with E-state index in [-0.39, 0.29) is 18.0 Å². The third-order valence-electron chi connectivity index (χ3n) is 3.25. The Morgan fingerprint density at radius 3 is 2.25 bits per heavy atom. The van der Waals surface area contributed by atoms with Gasteiger partial charge in [-0.15, -0.1) is 0 Å². The Morgan fingerprint density at radius 2 is 1.75 bits per heavy atom. The number of hydrogen-bond acceptors (Lipinski definition) is 3. The molecule has 0 fully saturated rings. The monoisotopic (exact) mass is 285 g/mol. The van der Waals surface area contributed by atoms with Gasteiger partial charge in [0.25, 0.3) is 0 Å². The molecule has 20 heavy (non-hydrogen) atoms. The molecule has 4 N–H and O–H groups in total. The first kappa shape index (κ1) is 19.4. The Balaban J connectivity index is 4.22. The van der Waals surface area contributed by atoms with Crippen molar-refractivity contribution in [3.8, 4) is 0 Å². The fourth-order valence-electron chi connectivity index (χ4n) is 2.14. The van der Waals surface area contributed by atoms with Crippen LogP contribution in [-0.4, -0.2) is 31.1 Å². The van der Waals surface area contributed by atoms with Gasteiger partial charge < -0.3 is 16.4 Å². The number of carbonyl (C=O) groups excluding carboxylic acids is 1. The van der Waals surface area contributed by atoms with Gasteiger partial charge in [0, 0.05) is 19.1 Å². The van der Waals surface area contributed by atoms with Gasteiger partial charge in [-0.2, -0.15) is 0 Å². The maximum atomic E-state index is 12.2. The molecule has 1 amide bonds. The number of hydrogen-bond donors (Lipinski definition) is 3. The molecule has 0 heterocycles. The van der Waals surface area contributed by atoms with Crippen LogP contribution in [0.15, 0.2) is 0 Å². The molecule has 4 heteroatoms. The number of carbonyl (C=O) groups is 1. The van der Waals surface area contributed by atoms with Crippen LogP contribution in [0, 0.1) is 11.8 Å². The first-order chi connectivity index (χ1) is 9.36. The molecule has 0 aromatic heterocycles. The SMILES string of the molecule is CCCC[C@H](NC[C@@H](N)CC(C)C)C(=O)NCC(C)C. The molecule has 0 unspecified atom stereocenters. The molecule has 0 bridgehead atoms. The number of nitrogens with two attached hydrogens (primary N) is 1. The Kier molecular flexibility index (Phi) is 10.8. The lowest BCUT2D eigenvalue weighted by Crippen LogP contribution is -2.48. The second kappa shape index (κ2) is 11.1. The normalized spacial score (nSPS) is 14.6. The molecule has 0 aromatic rings. The van der Waals surface area contributed by atoms with Crippen LogP contribution in [0.5, 0.6) is 0 Å². The highest BCUT2D eigenvalue weighted by molar-refractivity contribution is 5.81. The second-order valence-corrected chi connectivity index (χ2v) is 6.63. The van der Waals surface area contributed by atoms with Gasteiger partial charge in [-0.3, -0.25) is 4.79 Å². The molecule has 0 radical (unpaired) electrons. The molecule has 120 valence electrons. The molecular formula is C16H35N3O. The maximum absolute atomic E-state index is 12.2. The summed E-state index contributed by atoms with van der Waals surface area (Å²) in [6, 6.07) is 0.0175. The van der Waals surface area contributed by atoms with Gasteiger partial charge >= 0.3 is 0 Å². The predicted octanol–water partition coefficient (Wildman–Crippen LogP) is 2.28. The highest BCUT2D eigenvalue weighted by Gasteiger charge is 2.18. The summed E-state index contributed by atoms with van der Waals surface area (Å²) in [6.07, 6.45) is 4.04. The lowest BCUT2D eigenvalue weighted by atomic mass is 10.0. The van der Waals surface area contributed by atoms with Crippen LogP contribution in [0.1, 0.15) is 60.3 Å². The zero-order valence-corrected chi connectivity index (χ0v) is 14.0. The van der Waals surface area contributed by atoms with Crippen LogP contribution >= 0.6 is 0 Å². The van der Waals surface area contributed by atoms with E-state index in [2.05, 4.69) is 45.3 Å². The summed E-state index contributed by atoms with van der Waals surface area (Å²) in [6.45, 7) is 12.1. The summed E-state index contributed by atoms with van der Waals surface area (Å²) in [5.41, 5.74) is 6.08. The van der Waals surface area contributed by atoms with Gasteiger partial charge in [0.1, 0.15) is 0 Å². The largest absolute Gasteiger partial charge is 0.354 e. The van der Waals surface area contributed by atoms with Gasteiger partial charge in [-0.05, 0) is 24.7 Å². The molecule has 0 rings (SSSR count). The molecule has 0 aliphatic heterocycles. The first-order valence-corrected chi connectivity index (χ1v) is 8.13. The standard InChI is InChI=1S/C16H35N3O/c1-6-7-8-15(16(20)19-10-13(4)5)18-11-14(17)9-12(2)3/h12-15,18H,6-11,17H2,1-5H3,(H,19,20)/t14-,15-/m0/s1. The Labute approximate surface area is 125 Å². The molecule has 0 aromatic carbocycles. The van der Waals surface area contributed by atoms with E-state index in [1.807, 2.05) is 0 Å². The molecule has 2 atom stereocenters. The van der Waals surface area contributed by atoms with Crippen LogP contribution in [-0.2, 0) is 4.79 Å². The van der Waals surface area contributed by atoms with Gasteiger partial charge in [0.05, 0.1) is 6.04 Å². The quantitative estimate of drug-likeness (QED) is 0.545. The minimum atomic E-state index is -0.105. The topological polar surface area (TPSA) is 67.1 Å². The second-order valence-electron chi connectivity index (χ2n) is 6.63. The molecule has 0 saturated carbocycles. The molecule has 4 nitrogen and oxygen atoms in total. The van der Waals surface area contributed by atoms with Crippen molar-refractivity contribution in [2.45, 2.75) is 72.4 Å². The fraction of sp³-hybridized carbons (Fsp3) is 0.938. The summed E-state index contributed by atoms with van der Waals surface area (Å²) < 4.78 is 0. The van der Waals surface area contributed by atoms with Crippen molar-refractivity contribution in [1.29, 1.82) is 0 Å². The minimum absolute atomic E-state index is 0.105. The number of amides is 1. The van der Waals surface area contributed by atoms with Crippen LogP contribution in [0.4, 0.5) is 0 Å². The lowest BCUT2D eigenvalue weighted by Gasteiger charge is -2.22. The van der Waals surface area contributed by atoms with E-state index in [1.165, 1.54) is 0 Å². The van der Waals surface area contributed by atoms with Crippen molar-refractivity contribution >= 4 is 5.91 Å². The predicted molar refractivity (Wildman–Crippen MR) is 86.6 cm³/mol. The Bertz CT molecular complexity index is 254. The van der Waals surface area contributed by atoms with Gasteiger partial charge in [0.15, 0.2) is 0 Å². The van der Waals surface area contributed by atoms with Crippen LogP contribution in [0.3, 0.4) is 0 Å². The summed E-state index contributed by atoms with van der Waals surface area (Å²) in [7, 11) is 0. The van der Waals surface area contributed by atoms with E-state index >= 15 is 0 Å².